The number of halogens is 1. The summed E-state index contributed by atoms with van der Waals surface area (Å²) in [5.74, 6) is 1.68. The highest BCUT2D eigenvalue weighted by Gasteiger charge is 2.22. The van der Waals surface area contributed by atoms with Gasteiger partial charge >= 0.3 is 0 Å². The molecule has 0 spiro atoms. The second-order valence-electron chi connectivity index (χ2n) is 6.24. The Kier molecular flexibility index (Phi) is 4.69. The number of imidazole rings is 1. The molecule has 0 saturated heterocycles. The quantitative estimate of drug-likeness (QED) is 0.540. The van der Waals surface area contributed by atoms with Crippen molar-refractivity contribution in [2.75, 3.05) is 12.4 Å². The first-order chi connectivity index (χ1) is 13.2. The predicted octanol–water partition coefficient (Wildman–Crippen LogP) is 4.83. The number of nitrogens with zero attached hydrogens (tertiary/aromatic N) is 3. The van der Waals surface area contributed by atoms with Crippen LogP contribution in [0.4, 0.5) is 5.69 Å². The summed E-state index contributed by atoms with van der Waals surface area (Å²) in [6.07, 6.45) is 5.51. The average Bonchev–Trinajstić information content (AvgIpc) is 3.12. The van der Waals surface area contributed by atoms with Crippen LogP contribution in [0.2, 0.25) is 5.02 Å². The van der Waals surface area contributed by atoms with Gasteiger partial charge in [-0.05, 0) is 30.3 Å². The Hall–Kier alpha value is -3.05. The van der Waals surface area contributed by atoms with E-state index in [-0.39, 0.29) is 6.04 Å². The number of fused-ring (bicyclic) bond motifs is 1. The van der Waals surface area contributed by atoms with Crippen molar-refractivity contribution >= 4 is 28.2 Å². The van der Waals surface area contributed by atoms with E-state index in [1.165, 1.54) is 0 Å². The van der Waals surface area contributed by atoms with Gasteiger partial charge in [0.15, 0.2) is 0 Å². The van der Waals surface area contributed by atoms with Crippen molar-refractivity contribution in [3.63, 3.8) is 0 Å². The molecule has 136 valence electrons. The number of anilines is 1. The highest BCUT2D eigenvalue weighted by molar-refractivity contribution is 6.31. The van der Waals surface area contributed by atoms with Crippen molar-refractivity contribution in [2.24, 2.45) is 7.05 Å². The van der Waals surface area contributed by atoms with Gasteiger partial charge in [0.25, 0.3) is 0 Å². The number of pyridine rings is 1. The van der Waals surface area contributed by atoms with Crippen LogP contribution < -0.4 is 10.1 Å². The van der Waals surface area contributed by atoms with Gasteiger partial charge in [-0.15, -0.1) is 0 Å². The summed E-state index contributed by atoms with van der Waals surface area (Å²) in [5.41, 5.74) is 2.81. The number of para-hydroxylation sites is 1. The zero-order valence-electron chi connectivity index (χ0n) is 15.1. The molecular weight excluding hydrogens is 360 g/mol. The highest BCUT2D eigenvalue weighted by Crippen LogP contribution is 2.34. The SMILES string of the molecule is COc1ccccc1C(Nc1ccnc2ccc(Cl)cc12)c1nccn1C. The number of aryl methyl sites for hydroxylation is 1. The average molecular weight is 379 g/mol. The Morgan fingerprint density at radius 2 is 1.93 bits per heavy atom. The molecule has 0 aliphatic carbocycles. The third kappa shape index (κ3) is 3.34. The van der Waals surface area contributed by atoms with Crippen molar-refractivity contribution in [2.45, 2.75) is 6.04 Å². The third-order valence-electron chi connectivity index (χ3n) is 4.57. The lowest BCUT2D eigenvalue weighted by atomic mass is 10.0. The second-order valence-corrected chi connectivity index (χ2v) is 6.67. The molecule has 6 heteroatoms. The van der Waals surface area contributed by atoms with Crippen molar-refractivity contribution in [1.29, 1.82) is 0 Å². The lowest BCUT2D eigenvalue weighted by molar-refractivity contribution is 0.408. The van der Waals surface area contributed by atoms with Crippen LogP contribution in [-0.4, -0.2) is 21.6 Å². The van der Waals surface area contributed by atoms with Crippen LogP contribution in [0, 0.1) is 0 Å². The summed E-state index contributed by atoms with van der Waals surface area (Å²) in [7, 11) is 3.66. The molecule has 0 bridgehead atoms. The minimum absolute atomic E-state index is 0.203. The molecule has 0 amide bonds. The minimum Gasteiger partial charge on any atom is -0.496 e. The zero-order valence-corrected chi connectivity index (χ0v) is 15.8. The van der Waals surface area contributed by atoms with E-state index in [0.717, 1.165) is 33.7 Å². The molecule has 0 radical (unpaired) electrons. The number of rotatable bonds is 5. The first-order valence-electron chi connectivity index (χ1n) is 8.58. The molecule has 5 nitrogen and oxygen atoms in total. The summed E-state index contributed by atoms with van der Waals surface area (Å²) >= 11 is 6.22. The molecule has 2 aromatic heterocycles. The summed E-state index contributed by atoms with van der Waals surface area (Å²) in [6.45, 7) is 0. The van der Waals surface area contributed by atoms with Gasteiger partial charge in [0.1, 0.15) is 17.6 Å². The summed E-state index contributed by atoms with van der Waals surface area (Å²) in [4.78, 5) is 9.00. The van der Waals surface area contributed by atoms with E-state index >= 15 is 0 Å². The van der Waals surface area contributed by atoms with Gasteiger partial charge in [-0.25, -0.2) is 4.98 Å². The number of aromatic nitrogens is 3. The van der Waals surface area contributed by atoms with Gasteiger partial charge < -0.3 is 14.6 Å². The standard InChI is InChI=1S/C21H19ClN4O/c1-26-12-11-24-21(26)20(15-5-3-4-6-19(15)27-2)25-18-9-10-23-17-8-7-14(22)13-16(17)18/h3-13,20H,1-2H3,(H,23,25). The van der Waals surface area contributed by atoms with Crippen LogP contribution in [0.15, 0.2) is 67.1 Å². The van der Waals surface area contributed by atoms with Crippen LogP contribution in [0.1, 0.15) is 17.4 Å². The lowest BCUT2D eigenvalue weighted by Gasteiger charge is -2.23. The van der Waals surface area contributed by atoms with Crippen LogP contribution in [0.25, 0.3) is 10.9 Å². The first kappa shape index (κ1) is 17.4. The van der Waals surface area contributed by atoms with Gasteiger partial charge in [-0.2, -0.15) is 0 Å². The van der Waals surface area contributed by atoms with Crippen molar-refractivity contribution in [1.82, 2.24) is 14.5 Å². The van der Waals surface area contributed by atoms with Crippen molar-refractivity contribution in [3.8, 4) is 5.75 Å². The molecular formula is C21H19ClN4O. The lowest BCUT2D eigenvalue weighted by Crippen LogP contribution is -2.17. The van der Waals surface area contributed by atoms with Crippen LogP contribution in [0.3, 0.4) is 0 Å². The van der Waals surface area contributed by atoms with Crippen molar-refractivity contribution < 1.29 is 4.74 Å². The molecule has 2 aromatic carbocycles. The number of hydrogen-bond donors (Lipinski definition) is 1. The molecule has 1 unspecified atom stereocenters. The van der Waals surface area contributed by atoms with E-state index in [0.29, 0.717) is 5.02 Å². The Morgan fingerprint density at radius 3 is 2.70 bits per heavy atom. The maximum atomic E-state index is 6.22. The number of benzene rings is 2. The van der Waals surface area contributed by atoms with Gasteiger partial charge in [0.05, 0.1) is 12.6 Å². The van der Waals surface area contributed by atoms with Gasteiger partial charge in [0, 0.05) is 47.3 Å². The monoisotopic (exact) mass is 378 g/mol. The third-order valence-corrected chi connectivity index (χ3v) is 4.81. The molecule has 2 heterocycles. The summed E-state index contributed by atoms with van der Waals surface area (Å²) in [5, 5.41) is 5.25. The fourth-order valence-electron chi connectivity index (χ4n) is 3.24. The molecule has 27 heavy (non-hydrogen) atoms. The number of hydrogen-bond acceptors (Lipinski definition) is 4. The number of ether oxygens (including phenoxy) is 1. The normalized spacial score (nSPS) is 12.1. The van der Waals surface area contributed by atoms with Gasteiger partial charge in [-0.1, -0.05) is 29.8 Å². The minimum atomic E-state index is -0.203. The number of nitrogens with one attached hydrogen (secondary N) is 1. The topological polar surface area (TPSA) is 52.0 Å². The fourth-order valence-corrected chi connectivity index (χ4v) is 3.41. The largest absolute Gasteiger partial charge is 0.496 e. The van der Waals surface area contributed by atoms with Crippen LogP contribution in [0.5, 0.6) is 5.75 Å². The maximum Gasteiger partial charge on any atom is 0.135 e. The first-order valence-corrected chi connectivity index (χ1v) is 8.96. The van der Waals surface area contributed by atoms with Crippen LogP contribution in [-0.2, 0) is 7.05 Å². The van der Waals surface area contributed by atoms with Gasteiger partial charge in [0.2, 0.25) is 0 Å². The number of methoxy groups -OCH3 is 1. The Bertz CT molecular complexity index is 1090. The van der Waals surface area contributed by atoms with E-state index in [1.54, 1.807) is 19.5 Å². The smallest absolute Gasteiger partial charge is 0.135 e. The second kappa shape index (κ2) is 7.29. The van der Waals surface area contributed by atoms with Gasteiger partial charge in [-0.3, -0.25) is 4.98 Å². The molecule has 0 saturated carbocycles. The summed E-state index contributed by atoms with van der Waals surface area (Å²) < 4.78 is 7.60. The Balaban J connectivity index is 1.86. The molecule has 0 aliphatic heterocycles. The van der Waals surface area contributed by atoms with E-state index in [2.05, 4.69) is 15.3 Å². The Labute approximate surface area is 162 Å². The van der Waals surface area contributed by atoms with E-state index in [4.69, 9.17) is 16.3 Å². The Morgan fingerprint density at radius 1 is 1.07 bits per heavy atom. The highest BCUT2D eigenvalue weighted by atomic mass is 35.5. The molecule has 0 fully saturated rings. The van der Waals surface area contributed by atoms with E-state index < -0.39 is 0 Å². The molecule has 4 aromatic rings. The maximum absolute atomic E-state index is 6.22. The molecule has 4 rings (SSSR count). The fraction of sp³-hybridized carbons (Fsp3) is 0.143. The zero-order chi connectivity index (χ0) is 18.8. The van der Waals surface area contributed by atoms with E-state index in [1.807, 2.05) is 66.3 Å². The molecule has 1 N–H and O–H groups in total. The van der Waals surface area contributed by atoms with Crippen molar-refractivity contribution in [3.05, 3.63) is 83.5 Å². The molecule has 1 atom stereocenters. The predicted molar refractivity (Wildman–Crippen MR) is 108 cm³/mol. The molecule has 0 aliphatic rings. The van der Waals surface area contributed by atoms with E-state index in [9.17, 15) is 0 Å². The van der Waals surface area contributed by atoms with Crippen LogP contribution >= 0.6 is 11.6 Å². The summed E-state index contributed by atoms with van der Waals surface area (Å²) in [6, 6.07) is 15.4.